The first-order chi connectivity index (χ1) is 7.24. The molecule has 90 valence electrons. The molecular formula is C12H27N3. The van der Waals surface area contributed by atoms with Crippen LogP contribution in [0.1, 0.15) is 25.7 Å². The van der Waals surface area contributed by atoms with E-state index in [0.717, 1.165) is 12.6 Å². The molecule has 1 atom stereocenters. The number of unbranched alkanes of at least 4 members (excludes halogenated alkanes) is 1. The lowest BCUT2D eigenvalue weighted by Gasteiger charge is -2.36. The van der Waals surface area contributed by atoms with Crippen LogP contribution in [0.5, 0.6) is 0 Å². The fourth-order valence-electron chi connectivity index (χ4n) is 2.29. The molecule has 1 saturated heterocycles. The fraction of sp³-hybridized carbons (Fsp3) is 1.00. The molecule has 0 aromatic rings. The van der Waals surface area contributed by atoms with Crippen molar-refractivity contribution in [2.24, 2.45) is 0 Å². The Morgan fingerprint density at radius 2 is 2.13 bits per heavy atom. The Morgan fingerprint density at radius 3 is 2.80 bits per heavy atom. The summed E-state index contributed by atoms with van der Waals surface area (Å²) in [4.78, 5) is 5.00. The number of rotatable bonds is 6. The van der Waals surface area contributed by atoms with Gasteiger partial charge in [-0.1, -0.05) is 0 Å². The molecule has 3 nitrogen and oxygen atoms in total. The molecule has 0 saturated carbocycles. The average molecular weight is 213 g/mol. The zero-order chi connectivity index (χ0) is 11.1. The molecular weight excluding hydrogens is 186 g/mol. The van der Waals surface area contributed by atoms with Crippen molar-refractivity contribution in [2.75, 3.05) is 47.3 Å². The highest BCUT2D eigenvalue weighted by Crippen LogP contribution is 2.13. The molecule has 0 aliphatic carbocycles. The minimum Gasteiger partial charge on any atom is -0.320 e. The number of likely N-dealkylation sites (tertiary alicyclic amines) is 1. The van der Waals surface area contributed by atoms with Crippen LogP contribution in [-0.4, -0.2) is 63.2 Å². The van der Waals surface area contributed by atoms with Gasteiger partial charge in [0.1, 0.15) is 0 Å². The van der Waals surface area contributed by atoms with Gasteiger partial charge in [0.05, 0.1) is 0 Å². The van der Waals surface area contributed by atoms with E-state index in [0.29, 0.717) is 0 Å². The largest absolute Gasteiger partial charge is 0.320 e. The average Bonchev–Trinajstić information content (AvgIpc) is 2.25. The number of nitrogens with zero attached hydrogens (tertiary/aromatic N) is 2. The van der Waals surface area contributed by atoms with Crippen LogP contribution in [0.4, 0.5) is 0 Å². The summed E-state index contributed by atoms with van der Waals surface area (Å²) in [6.07, 6.45) is 5.38. The predicted octanol–water partition coefficient (Wildman–Crippen LogP) is 1.01. The molecule has 1 aliphatic heterocycles. The van der Waals surface area contributed by atoms with Gasteiger partial charge in [-0.3, -0.25) is 0 Å². The smallest absolute Gasteiger partial charge is 0.0217 e. The number of piperidine rings is 1. The van der Waals surface area contributed by atoms with E-state index < -0.39 is 0 Å². The van der Waals surface area contributed by atoms with Crippen LogP contribution >= 0.6 is 0 Å². The van der Waals surface area contributed by atoms with Crippen molar-refractivity contribution >= 4 is 0 Å². The Hall–Kier alpha value is -0.120. The van der Waals surface area contributed by atoms with E-state index in [9.17, 15) is 0 Å². The minimum atomic E-state index is 0.781. The van der Waals surface area contributed by atoms with Gasteiger partial charge >= 0.3 is 0 Å². The molecule has 1 aliphatic rings. The molecule has 15 heavy (non-hydrogen) atoms. The lowest BCUT2D eigenvalue weighted by atomic mass is 10.0. The Kier molecular flexibility index (Phi) is 6.22. The molecule has 1 unspecified atom stereocenters. The van der Waals surface area contributed by atoms with Crippen molar-refractivity contribution in [3.05, 3.63) is 0 Å². The molecule has 0 aromatic heterocycles. The first kappa shape index (κ1) is 12.9. The van der Waals surface area contributed by atoms with E-state index in [2.05, 4.69) is 29.2 Å². The first-order valence-electron chi connectivity index (χ1n) is 6.27. The quantitative estimate of drug-likeness (QED) is 0.664. The third-order valence-electron chi connectivity index (χ3n) is 3.36. The summed E-state index contributed by atoms with van der Waals surface area (Å²) in [6.45, 7) is 5.02. The van der Waals surface area contributed by atoms with E-state index in [4.69, 9.17) is 0 Å². The van der Waals surface area contributed by atoms with Crippen molar-refractivity contribution in [2.45, 2.75) is 31.7 Å². The van der Waals surface area contributed by atoms with Gasteiger partial charge in [-0.05, 0) is 66.5 Å². The Bertz CT molecular complexity index is 159. The van der Waals surface area contributed by atoms with Crippen LogP contribution in [0.2, 0.25) is 0 Å². The molecule has 1 N–H and O–H groups in total. The summed E-state index contributed by atoms with van der Waals surface area (Å²) >= 11 is 0. The van der Waals surface area contributed by atoms with E-state index in [1.165, 1.54) is 45.3 Å². The van der Waals surface area contributed by atoms with Crippen molar-refractivity contribution in [3.63, 3.8) is 0 Å². The number of likely N-dealkylation sites (N-methyl/N-ethyl adjacent to an activating group) is 1. The van der Waals surface area contributed by atoms with Gasteiger partial charge in [-0.15, -0.1) is 0 Å². The van der Waals surface area contributed by atoms with Gasteiger partial charge in [-0.2, -0.15) is 0 Å². The second-order valence-corrected chi connectivity index (χ2v) is 4.87. The van der Waals surface area contributed by atoms with Crippen molar-refractivity contribution in [1.82, 2.24) is 15.1 Å². The highest BCUT2D eigenvalue weighted by Gasteiger charge is 2.20. The second-order valence-electron chi connectivity index (χ2n) is 4.87. The molecule has 1 rings (SSSR count). The summed E-state index contributed by atoms with van der Waals surface area (Å²) in [5.41, 5.74) is 0. The summed E-state index contributed by atoms with van der Waals surface area (Å²) < 4.78 is 0. The second kappa shape index (κ2) is 7.20. The molecule has 1 fully saturated rings. The lowest BCUT2D eigenvalue weighted by molar-refractivity contribution is 0.132. The Labute approximate surface area is 94.8 Å². The predicted molar refractivity (Wildman–Crippen MR) is 66.3 cm³/mol. The van der Waals surface area contributed by atoms with Gasteiger partial charge < -0.3 is 15.1 Å². The standard InChI is InChI=1S/C12H27N3/c1-13-8-4-5-9-15-10-6-7-12(11-15)14(2)3/h12-13H,4-11H2,1-3H3. The molecule has 0 radical (unpaired) electrons. The maximum absolute atomic E-state index is 3.21. The van der Waals surface area contributed by atoms with Crippen molar-refractivity contribution in [3.8, 4) is 0 Å². The van der Waals surface area contributed by atoms with Crippen LogP contribution in [0.25, 0.3) is 0 Å². The zero-order valence-electron chi connectivity index (χ0n) is 10.6. The summed E-state index contributed by atoms with van der Waals surface area (Å²) in [7, 11) is 6.44. The molecule has 0 bridgehead atoms. The van der Waals surface area contributed by atoms with Gasteiger partial charge in [0.25, 0.3) is 0 Å². The van der Waals surface area contributed by atoms with Crippen LogP contribution in [0.15, 0.2) is 0 Å². The first-order valence-corrected chi connectivity index (χ1v) is 6.27. The number of hydrogen-bond acceptors (Lipinski definition) is 3. The molecule has 1 heterocycles. The van der Waals surface area contributed by atoms with Gasteiger partial charge in [0, 0.05) is 12.6 Å². The number of nitrogens with one attached hydrogen (secondary N) is 1. The monoisotopic (exact) mass is 213 g/mol. The fourth-order valence-corrected chi connectivity index (χ4v) is 2.29. The Balaban J connectivity index is 2.13. The molecule has 3 heteroatoms. The van der Waals surface area contributed by atoms with Crippen molar-refractivity contribution in [1.29, 1.82) is 0 Å². The summed E-state index contributed by atoms with van der Waals surface area (Å²) in [5, 5.41) is 3.21. The van der Waals surface area contributed by atoms with E-state index >= 15 is 0 Å². The SMILES string of the molecule is CNCCCCN1CCCC(N(C)C)C1. The molecule has 0 aromatic carbocycles. The van der Waals surface area contributed by atoms with Gasteiger partial charge in [0.2, 0.25) is 0 Å². The van der Waals surface area contributed by atoms with E-state index in [1.807, 2.05) is 7.05 Å². The minimum absolute atomic E-state index is 0.781. The molecule has 0 spiro atoms. The van der Waals surface area contributed by atoms with E-state index in [-0.39, 0.29) is 0 Å². The van der Waals surface area contributed by atoms with Crippen LogP contribution in [0.3, 0.4) is 0 Å². The maximum atomic E-state index is 3.21. The highest BCUT2D eigenvalue weighted by atomic mass is 15.2. The Morgan fingerprint density at radius 1 is 1.33 bits per heavy atom. The van der Waals surface area contributed by atoms with Crippen molar-refractivity contribution < 1.29 is 0 Å². The highest BCUT2D eigenvalue weighted by molar-refractivity contribution is 4.77. The summed E-state index contributed by atoms with van der Waals surface area (Å²) in [5.74, 6) is 0. The third-order valence-corrected chi connectivity index (χ3v) is 3.36. The van der Waals surface area contributed by atoms with Crippen LogP contribution in [0, 0.1) is 0 Å². The molecule has 0 amide bonds. The van der Waals surface area contributed by atoms with Crippen LogP contribution < -0.4 is 5.32 Å². The van der Waals surface area contributed by atoms with E-state index in [1.54, 1.807) is 0 Å². The zero-order valence-corrected chi connectivity index (χ0v) is 10.6. The van der Waals surface area contributed by atoms with Crippen LogP contribution in [-0.2, 0) is 0 Å². The van der Waals surface area contributed by atoms with Gasteiger partial charge in [-0.25, -0.2) is 0 Å². The third kappa shape index (κ3) is 4.96. The number of hydrogen-bond donors (Lipinski definition) is 1. The van der Waals surface area contributed by atoms with Gasteiger partial charge in [0.15, 0.2) is 0 Å². The summed E-state index contributed by atoms with van der Waals surface area (Å²) in [6, 6.07) is 0.781. The lowest BCUT2D eigenvalue weighted by Crippen LogP contribution is -2.45. The topological polar surface area (TPSA) is 18.5 Å². The normalized spacial score (nSPS) is 23.6. The maximum Gasteiger partial charge on any atom is 0.0217 e.